The van der Waals surface area contributed by atoms with E-state index in [0.717, 1.165) is 17.1 Å². The van der Waals surface area contributed by atoms with Crippen molar-refractivity contribution in [1.82, 2.24) is 4.57 Å². The van der Waals surface area contributed by atoms with Crippen LogP contribution in [0.3, 0.4) is 0 Å². The summed E-state index contributed by atoms with van der Waals surface area (Å²) in [4.78, 5) is 11.0. The number of aryl methyl sites for hydroxylation is 2. The summed E-state index contributed by atoms with van der Waals surface area (Å²) >= 11 is 0. The lowest BCUT2D eigenvalue weighted by Crippen LogP contribution is -2.14. The first-order valence-corrected chi connectivity index (χ1v) is 13.5. The number of nitro groups is 1. The fourth-order valence-corrected chi connectivity index (χ4v) is 6.84. The molecule has 4 aromatic carbocycles. The number of furan rings is 1. The Balaban J connectivity index is 1.55. The Hall–Kier alpha value is -4.90. The third-order valence-electron chi connectivity index (χ3n) is 8.46. The van der Waals surface area contributed by atoms with Gasteiger partial charge in [-0.2, -0.15) is 0 Å². The van der Waals surface area contributed by atoms with Crippen LogP contribution in [0.5, 0.6) is 0 Å². The number of non-ortho nitro benzene ring substituents is 1. The van der Waals surface area contributed by atoms with Gasteiger partial charge in [-0.25, -0.2) is 0 Å². The Morgan fingerprint density at radius 3 is 2.05 bits per heavy atom. The van der Waals surface area contributed by atoms with Gasteiger partial charge in [-0.3, -0.25) is 10.1 Å². The molecule has 0 unspecified atom stereocenters. The van der Waals surface area contributed by atoms with Crippen LogP contribution in [-0.4, -0.2) is 9.49 Å². The van der Waals surface area contributed by atoms with Crippen LogP contribution in [0, 0.1) is 17.0 Å². The lowest BCUT2D eigenvalue weighted by molar-refractivity contribution is -0.384. The molecule has 0 fully saturated rings. The average molecular weight is 525 g/mol. The molecular weight excluding hydrogens is 496 g/mol. The van der Waals surface area contributed by atoms with Crippen LogP contribution in [0.25, 0.3) is 22.2 Å². The molecule has 0 spiro atoms. The molecule has 1 aliphatic carbocycles. The molecule has 196 valence electrons. The van der Waals surface area contributed by atoms with E-state index >= 15 is 0 Å². The zero-order valence-corrected chi connectivity index (χ0v) is 22.3. The SMILES string of the molecule is Cc1oc(-c2ccc([N+](=O)[O-])cc2)c2c1[C@H](c1ccccc1)[C@@H](c1ccccc1)[C@@H]2c1cn(C)c2ccccc12. The van der Waals surface area contributed by atoms with Crippen molar-refractivity contribution < 1.29 is 9.34 Å². The number of nitro benzene ring substituents is 1. The Bertz CT molecular complexity index is 1850. The number of para-hydroxylation sites is 1. The van der Waals surface area contributed by atoms with Gasteiger partial charge >= 0.3 is 0 Å². The zero-order chi connectivity index (χ0) is 27.4. The normalized spacial score (nSPS) is 18.2. The van der Waals surface area contributed by atoms with Crippen molar-refractivity contribution in [3.05, 3.63) is 159 Å². The Kier molecular flexibility index (Phi) is 5.67. The van der Waals surface area contributed by atoms with Crippen LogP contribution < -0.4 is 0 Å². The van der Waals surface area contributed by atoms with Gasteiger partial charge in [-0.05, 0) is 41.8 Å². The number of benzene rings is 4. The predicted molar refractivity (Wildman–Crippen MR) is 158 cm³/mol. The molecule has 2 heterocycles. The first-order valence-electron chi connectivity index (χ1n) is 13.5. The summed E-state index contributed by atoms with van der Waals surface area (Å²) in [5.74, 6) is 1.90. The number of hydrogen-bond donors (Lipinski definition) is 0. The average Bonchev–Trinajstić information content (AvgIpc) is 3.63. The number of rotatable bonds is 5. The smallest absolute Gasteiger partial charge is 0.269 e. The van der Waals surface area contributed by atoms with E-state index in [9.17, 15) is 10.1 Å². The molecule has 2 aromatic heterocycles. The summed E-state index contributed by atoms with van der Waals surface area (Å²) in [5, 5.41) is 12.6. The molecule has 0 saturated carbocycles. The second-order valence-corrected chi connectivity index (χ2v) is 10.6. The Morgan fingerprint density at radius 2 is 1.38 bits per heavy atom. The number of nitrogens with zero attached hydrogens (tertiary/aromatic N) is 2. The third-order valence-corrected chi connectivity index (χ3v) is 8.46. The molecular formula is C35H28N2O3. The summed E-state index contributed by atoms with van der Waals surface area (Å²) in [7, 11) is 2.10. The minimum absolute atomic E-state index is 0.0105. The summed E-state index contributed by atoms with van der Waals surface area (Å²) < 4.78 is 8.81. The van der Waals surface area contributed by atoms with Gasteiger partial charge in [-0.1, -0.05) is 78.9 Å². The quantitative estimate of drug-likeness (QED) is 0.167. The van der Waals surface area contributed by atoms with Crippen LogP contribution in [0.15, 0.2) is 120 Å². The van der Waals surface area contributed by atoms with E-state index in [0.29, 0.717) is 0 Å². The van der Waals surface area contributed by atoms with Crippen molar-refractivity contribution in [2.75, 3.05) is 0 Å². The number of aromatic nitrogens is 1. The van der Waals surface area contributed by atoms with Gasteiger partial charge in [0.05, 0.1) is 4.92 Å². The Labute approximate surface area is 232 Å². The highest BCUT2D eigenvalue weighted by Gasteiger charge is 2.48. The van der Waals surface area contributed by atoms with E-state index in [1.165, 1.54) is 38.7 Å². The second-order valence-electron chi connectivity index (χ2n) is 10.6. The van der Waals surface area contributed by atoms with Crippen LogP contribution >= 0.6 is 0 Å². The lowest BCUT2D eigenvalue weighted by atomic mass is 9.75. The maximum atomic E-state index is 11.4. The van der Waals surface area contributed by atoms with Gasteiger partial charge in [0.15, 0.2) is 0 Å². The van der Waals surface area contributed by atoms with Crippen LogP contribution in [0.1, 0.15) is 51.3 Å². The molecule has 0 aliphatic heterocycles. The first kappa shape index (κ1) is 24.2. The van der Waals surface area contributed by atoms with E-state index in [2.05, 4.69) is 110 Å². The first-order chi connectivity index (χ1) is 19.5. The second kappa shape index (κ2) is 9.38. The highest BCUT2D eigenvalue weighted by molar-refractivity contribution is 5.86. The van der Waals surface area contributed by atoms with Crippen molar-refractivity contribution in [2.45, 2.75) is 24.7 Å². The summed E-state index contributed by atoms with van der Waals surface area (Å²) in [6.45, 7) is 2.05. The van der Waals surface area contributed by atoms with Crippen LogP contribution in [0.4, 0.5) is 5.69 Å². The molecule has 1 aliphatic rings. The van der Waals surface area contributed by atoms with Crippen molar-refractivity contribution in [3.63, 3.8) is 0 Å². The minimum Gasteiger partial charge on any atom is -0.461 e. The largest absolute Gasteiger partial charge is 0.461 e. The van der Waals surface area contributed by atoms with Gasteiger partial charge in [0.2, 0.25) is 0 Å². The maximum Gasteiger partial charge on any atom is 0.269 e. The highest BCUT2D eigenvalue weighted by atomic mass is 16.6. The maximum absolute atomic E-state index is 11.4. The topological polar surface area (TPSA) is 61.2 Å². The molecule has 0 saturated heterocycles. The van der Waals surface area contributed by atoms with Crippen molar-refractivity contribution in [1.29, 1.82) is 0 Å². The number of hydrogen-bond acceptors (Lipinski definition) is 3. The molecule has 6 aromatic rings. The van der Waals surface area contributed by atoms with Crippen molar-refractivity contribution in [2.24, 2.45) is 7.05 Å². The van der Waals surface area contributed by atoms with E-state index in [1.54, 1.807) is 12.1 Å². The molecule has 0 amide bonds. The van der Waals surface area contributed by atoms with Gasteiger partial charge in [0.25, 0.3) is 5.69 Å². The van der Waals surface area contributed by atoms with Gasteiger partial charge < -0.3 is 8.98 Å². The van der Waals surface area contributed by atoms with Crippen LogP contribution in [0.2, 0.25) is 0 Å². The zero-order valence-electron chi connectivity index (χ0n) is 22.3. The van der Waals surface area contributed by atoms with E-state index in [1.807, 2.05) is 12.1 Å². The van der Waals surface area contributed by atoms with E-state index < -0.39 is 0 Å². The minimum atomic E-state index is -0.364. The molecule has 5 nitrogen and oxygen atoms in total. The molecule has 0 bridgehead atoms. The third kappa shape index (κ3) is 3.69. The monoisotopic (exact) mass is 524 g/mol. The Morgan fingerprint density at radius 1 is 0.750 bits per heavy atom. The van der Waals surface area contributed by atoms with Crippen molar-refractivity contribution in [3.8, 4) is 11.3 Å². The number of fused-ring (bicyclic) bond motifs is 2. The molecule has 40 heavy (non-hydrogen) atoms. The molecule has 3 atom stereocenters. The predicted octanol–water partition coefficient (Wildman–Crippen LogP) is 8.72. The van der Waals surface area contributed by atoms with Crippen molar-refractivity contribution >= 4 is 16.6 Å². The van der Waals surface area contributed by atoms with Gasteiger partial charge in [0, 0.05) is 70.7 Å². The summed E-state index contributed by atoms with van der Waals surface area (Å²) in [6.07, 6.45) is 2.27. The fraction of sp³-hybridized carbons (Fsp3) is 0.143. The van der Waals surface area contributed by atoms with Gasteiger partial charge in [-0.15, -0.1) is 0 Å². The lowest BCUT2D eigenvalue weighted by Gasteiger charge is -2.28. The summed E-state index contributed by atoms with van der Waals surface area (Å²) in [6, 6.07) is 36.8. The molecule has 0 N–H and O–H groups in total. The highest BCUT2D eigenvalue weighted by Crippen LogP contribution is 2.62. The van der Waals surface area contributed by atoms with Gasteiger partial charge in [0.1, 0.15) is 11.5 Å². The van der Waals surface area contributed by atoms with Crippen LogP contribution in [-0.2, 0) is 7.05 Å². The van der Waals surface area contributed by atoms with E-state index in [-0.39, 0.29) is 28.4 Å². The standard InChI is InChI=1S/C35H28N2O3/c1-22-30-31(23-11-5-3-6-12-23)32(24-13-7-4-8-14-24)33(28-21-36(2)29-16-10-9-15-27(28)29)34(30)35(40-22)25-17-19-26(20-18-25)37(38)39/h3-21,31-33H,1-2H3/t31-,32+,33-/m0/s1. The van der Waals surface area contributed by atoms with E-state index in [4.69, 9.17) is 4.42 Å². The molecule has 0 radical (unpaired) electrons. The fourth-order valence-electron chi connectivity index (χ4n) is 6.84. The molecule has 7 rings (SSSR count). The summed E-state index contributed by atoms with van der Waals surface area (Å²) in [5.41, 5.74) is 8.27. The molecule has 5 heteroatoms.